The minimum atomic E-state index is 0. The number of halogens is 1. The van der Waals surface area contributed by atoms with Gasteiger partial charge in [0, 0.05) is 25.5 Å². The number of hydrogen-bond donors (Lipinski definition) is 2. The Bertz CT molecular complexity index is 536. The Kier molecular flexibility index (Phi) is 3.89. The van der Waals surface area contributed by atoms with Crippen molar-refractivity contribution in [1.82, 2.24) is 15.1 Å². The van der Waals surface area contributed by atoms with E-state index in [0.29, 0.717) is 0 Å². The van der Waals surface area contributed by atoms with Crippen LogP contribution in [0.2, 0.25) is 0 Å². The summed E-state index contributed by atoms with van der Waals surface area (Å²) in [5.41, 5.74) is 5.04. The van der Waals surface area contributed by atoms with Gasteiger partial charge < -0.3 is 10.6 Å². The van der Waals surface area contributed by atoms with Crippen molar-refractivity contribution in [2.45, 2.75) is 13.0 Å². The van der Waals surface area contributed by atoms with Crippen LogP contribution in [0.4, 0.5) is 11.4 Å². The van der Waals surface area contributed by atoms with Gasteiger partial charge in [0.25, 0.3) is 0 Å². The quantitative estimate of drug-likeness (QED) is 0.874. The first-order valence-electron chi connectivity index (χ1n) is 5.90. The Morgan fingerprint density at radius 1 is 1.39 bits per heavy atom. The Hall–Kier alpha value is -1.52. The van der Waals surface area contributed by atoms with E-state index in [-0.39, 0.29) is 12.4 Å². The highest BCUT2D eigenvalue weighted by atomic mass is 35.5. The summed E-state index contributed by atoms with van der Waals surface area (Å²) in [4.78, 5) is 0. The molecule has 3 rings (SSSR count). The monoisotopic (exact) mass is 264 g/mol. The van der Waals surface area contributed by atoms with Crippen molar-refractivity contribution in [3.05, 3.63) is 41.7 Å². The van der Waals surface area contributed by atoms with Gasteiger partial charge in [-0.25, -0.2) is 0 Å². The third-order valence-electron chi connectivity index (χ3n) is 3.13. The zero-order chi connectivity index (χ0) is 11.7. The number of benzene rings is 1. The summed E-state index contributed by atoms with van der Waals surface area (Å²) < 4.78 is 1.80. The van der Waals surface area contributed by atoms with Gasteiger partial charge >= 0.3 is 0 Å². The van der Waals surface area contributed by atoms with Gasteiger partial charge in [0.1, 0.15) is 0 Å². The molecule has 0 atom stereocenters. The van der Waals surface area contributed by atoms with E-state index in [1.165, 1.54) is 16.8 Å². The maximum atomic E-state index is 4.16. The Labute approximate surface area is 113 Å². The molecule has 1 aromatic heterocycles. The van der Waals surface area contributed by atoms with Gasteiger partial charge in [-0.2, -0.15) is 5.10 Å². The zero-order valence-electron chi connectivity index (χ0n) is 10.3. The summed E-state index contributed by atoms with van der Waals surface area (Å²) in [5, 5.41) is 11.0. The molecule has 0 spiro atoms. The summed E-state index contributed by atoms with van der Waals surface area (Å²) in [6, 6.07) is 6.45. The van der Waals surface area contributed by atoms with Crippen LogP contribution in [0.25, 0.3) is 0 Å². The number of aromatic nitrogens is 2. The molecule has 0 radical (unpaired) electrons. The molecule has 0 amide bonds. The van der Waals surface area contributed by atoms with Crippen molar-refractivity contribution < 1.29 is 0 Å². The van der Waals surface area contributed by atoms with Crippen LogP contribution in [0.5, 0.6) is 0 Å². The van der Waals surface area contributed by atoms with E-state index in [1.807, 2.05) is 19.4 Å². The molecule has 2 aromatic rings. The third kappa shape index (κ3) is 2.49. The maximum absolute atomic E-state index is 4.16. The van der Waals surface area contributed by atoms with Crippen molar-refractivity contribution in [3.8, 4) is 0 Å². The van der Waals surface area contributed by atoms with E-state index in [9.17, 15) is 0 Å². The highest BCUT2D eigenvalue weighted by Gasteiger charge is 2.12. The fraction of sp³-hybridized carbons (Fsp3) is 0.308. The van der Waals surface area contributed by atoms with E-state index < -0.39 is 0 Å². The Balaban J connectivity index is 0.00000120. The fourth-order valence-corrected chi connectivity index (χ4v) is 2.27. The van der Waals surface area contributed by atoms with Gasteiger partial charge in [-0.15, -0.1) is 12.4 Å². The number of aryl methyl sites for hydroxylation is 1. The van der Waals surface area contributed by atoms with Gasteiger partial charge in [0.2, 0.25) is 0 Å². The summed E-state index contributed by atoms with van der Waals surface area (Å²) in [6.07, 6.45) is 4.93. The van der Waals surface area contributed by atoms with Gasteiger partial charge in [-0.05, 0) is 30.2 Å². The molecule has 1 aliphatic rings. The minimum absolute atomic E-state index is 0. The molecule has 0 saturated carbocycles. The van der Waals surface area contributed by atoms with Crippen molar-refractivity contribution in [2.24, 2.45) is 7.05 Å². The number of nitrogens with one attached hydrogen (secondary N) is 2. The summed E-state index contributed by atoms with van der Waals surface area (Å²) in [6.45, 7) is 2.02. The highest BCUT2D eigenvalue weighted by Crippen LogP contribution is 2.25. The number of rotatable bonds is 2. The van der Waals surface area contributed by atoms with Gasteiger partial charge in [0.05, 0.1) is 11.9 Å². The van der Waals surface area contributed by atoms with E-state index in [1.54, 1.807) is 4.68 Å². The third-order valence-corrected chi connectivity index (χ3v) is 3.13. The predicted molar refractivity (Wildman–Crippen MR) is 75.6 cm³/mol. The molecule has 2 N–H and O–H groups in total. The average molecular weight is 265 g/mol. The van der Waals surface area contributed by atoms with Crippen molar-refractivity contribution in [2.75, 3.05) is 11.9 Å². The summed E-state index contributed by atoms with van der Waals surface area (Å²) in [7, 11) is 1.92. The molecule has 0 bridgehead atoms. The SMILES string of the molecule is Cl.Cn1cc(Nc2cccc3c2CNCC3)cn1. The standard InChI is InChI=1S/C13H16N4.ClH/c1-17-9-11(7-15-17)16-13-4-2-3-10-5-6-14-8-12(10)13;/h2-4,7,9,14,16H,5-6,8H2,1H3;1H. The van der Waals surface area contributed by atoms with Crippen LogP contribution in [0.15, 0.2) is 30.6 Å². The molecule has 96 valence electrons. The second-order valence-electron chi connectivity index (χ2n) is 4.40. The number of anilines is 2. The van der Waals surface area contributed by atoms with E-state index >= 15 is 0 Å². The molecular weight excluding hydrogens is 248 g/mol. The zero-order valence-corrected chi connectivity index (χ0v) is 11.1. The first-order chi connectivity index (χ1) is 8.33. The molecule has 1 aromatic carbocycles. The van der Waals surface area contributed by atoms with Crippen LogP contribution in [0.1, 0.15) is 11.1 Å². The van der Waals surface area contributed by atoms with Crippen molar-refractivity contribution >= 4 is 23.8 Å². The molecule has 4 nitrogen and oxygen atoms in total. The Morgan fingerprint density at radius 3 is 3.06 bits per heavy atom. The molecule has 0 aliphatic carbocycles. The van der Waals surface area contributed by atoms with E-state index in [4.69, 9.17) is 0 Å². The molecular formula is C13H17ClN4. The lowest BCUT2D eigenvalue weighted by molar-refractivity contribution is 0.645. The minimum Gasteiger partial charge on any atom is -0.353 e. The highest BCUT2D eigenvalue weighted by molar-refractivity contribution is 5.85. The van der Waals surface area contributed by atoms with Crippen LogP contribution >= 0.6 is 12.4 Å². The summed E-state index contributed by atoms with van der Waals surface area (Å²) >= 11 is 0. The number of hydrogen-bond acceptors (Lipinski definition) is 3. The van der Waals surface area contributed by atoms with Gasteiger partial charge in [-0.3, -0.25) is 4.68 Å². The maximum Gasteiger partial charge on any atom is 0.0770 e. The molecule has 1 aliphatic heterocycles. The number of nitrogens with zero attached hydrogens (tertiary/aromatic N) is 2. The molecule has 0 fully saturated rings. The topological polar surface area (TPSA) is 41.9 Å². The largest absolute Gasteiger partial charge is 0.353 e. The second-order valence-corrected chi connectivity index (χ2v) is 4.40. The average Bonchev–Trinajstić information content (AvgIpc) is 2.75. The van der Waals surface area contributed by atoms with Gasteiger partial charge in [0.15, 0.2) is 0 Å². The van der Waals surface area contributed by atoms with E-state index in [0.717, 1.165) is 25.2 Å². The molecule has 5 heteroatoms. The van der Waals surface area contributed by atoms with Gasteiger partial charge in [-0.1, -0.05) is 12.1 Å². The molecule has 0 saturated heterocycles. The molecule has 2 heterocycles. The summed E-state index contributed by atoms with van der Waals surface area (Å²) in [5.74, 6) is 0. The fourth-order valence-electron chi connectivity index (χ4n) is 2.27. The van der Waals surface area contributed by atoms with Crippen LogP contribution < -0.4 is 10.6 Å². The first kappa shape index (κ1) is 12.9. The molecule has 0 unspecified atom stereocenters. The second kappa shape index (κ2) is 5.42. The normalized spacial score (nSPS) is 13.6. The predicted octanol–water partition coefficient (Wildman–Crippen LogP) is 2.23. The van der Waals surface area contributed by atoms with Crippen molar-refractivity contribution in [3.63, 3.8) is 0 Å². The van der Waals surface area contributed by atoms with Crippen LogP contribution in [0.3, 0.4) is 0 Å². The van der Waals surface area contributed by atoms with Crippen LogP contribution in [-0.2, 0) is 20.0 Å². The Morgan fingerprint density at radius 2 is 2.28 bits per heavy atom. The smallest absolute Gasteiger partial charge is 0.0770 e. The van der Waals surface area contributed by atoms with Crippen LogP contribution in [-0.4, -0.2) is 16.3 Å². The lowest BCUT2D eigenvalue weighted by Crippen LogP contribution is -2.24. The lowest BCUT2D eigenvalue weighted by Gasteiger charge is -2.20. The van der Waals surface area contributed by atoms with Crippen LogP contribution in [0, 0.1) is 0 Å². The number of fused-ring (bicyclic) bond motifs is 1. The van der Waals surface area contributed by atoms with E-state index in [2.05, 4.69) is 33.9 Å². The lowest BCUT2D eigenvalue weighted by atomic mass is 9.99. The molecule has 18 heavy (non-hydrogen) atoms. The first-order valence-corrected chi connectivity index (χ1v) is 5.90. The van der Waals surface area contributed by atoms with Crippen molar-refractivity contribution in [1.29, 1.82) is 0 Å².